The number of allylic oxidation sites excluding steroid dienone is 3. The van der Waals surface area contributed by atoms with Crippen LogP contribution >= 0.6 is 0 Å². The Bertz CT molecular complexity index is 1050. The summed E-state index contributed by atoms with van der Waals surface area (Å²) in [5.74, 6) is 0.424. The molecule has 0 saturated carbocycles. The number of rotatable bonds is 7. The van der Waals surface area contributed by atoms with E-state index in [0.717, 1.165) is 43.7 Å². The molecule has 0 spiro atoms. The molecular weight excluding hydrogens is 451 g/mol. The van der Waals surface area contributed by atoms with Crippen LogP contribution in [0.25, 0.3) is 0 Å². The van der Waals surface area contributed by atoms with Crippen LogP contribution in [0.2, 0.25) is 0 Å². The predicted octanol–water partition coefficient (Wildman–Crippen LogP) is 6.17. The summed E-state index contributed by atoms with van der Waals surface area (Å²) >= 11 is 0. The molecule has 7 heteroatoms. The Morgan fingerprint density at radius 1 is 1.00 bits per heavy atom. The second-order valence-corrected chi connectivity index (χ2v) is 9.60. The Morgan fingerprint density at radius 3 is 2.63 bits per heavy atom. The third-order valence-corrected chi connectivity index (χ3v) is 7.27. The van der Waals surface area contributed by atoms with E-state index in [4.69, 9.17) is 4.74 Å². The molecule has 4 nitrogen and oxygen atoms in total. The monoisotopic (exact) mass is 483 g/mol. The van der Waals surface area contributed by atoms with E-state index >= 15 is 0 Å². The van der Waals surface area contributed by atoms with E-state index in [1.54, 1.807) is 6.07 Å². The number of fused-ring (bicyclic) bond motifs is 3. The maximum absolute atomic E-state index is 13.5. The lowest BCUT2D eigenvalue weighted by Crippen LogP contribution is -2.48. The summed E-state index contributed by atoms with van der Waals surface area (Å²) < 4.78 is 47.0. The van der Waals surface area contributed by atoms with Crippen molar-refractivity contribution < 1.29 is 17.9 Å². The zero-order chi connectivity index (χ0) is 24.3. The molecule has 2 aliphatic heterocycles. The van der Waals surface area contributed by atoms with Gasteiger partial charge in [-0.3, -0.25) is 0 Å². The molecule has 2 aromatic carbocycles. The summed E-state index contributed by atoms with van der Waals surface area (Å²) in [5.41, 5.74) is 1.85. The summed E-state index contributed by atoms with van der Waals surface area (Å²) in [5, 5.41) is 10.4. The van der Waals surface area contributed by atoms with Crippen LogP contribution in [0, 0.1) is 11.8 Å². The highest BCUT2D eigenvalue weighted by Gasteiger charge is 2.44. The number of ether oxygens (including phenoxy) is 1. The maximum atomic E-state index is 13.5. The Hall–Kier alpha value is -2.77. The van der Waals surface area contributed by atoms with Crippen molar-refractivity contribution in [2.75, 3.05) is 30.3 Å². The average molecular weight is 484 g/mol. The van der Waals surface area contributed by atoms with Crippen molar-refractivity contribution in [3.05, 3.63) is 84.0 Å². The second-order valence-electron chi connectivity index (χ2n) is 9.60. The van der Waals surface area contributed by atoms with Crippen molar-refractivity contribution in [1.29, 1.82) is 0 Å². The largest absolute Gasteiger partial charge is 0.416 e. The summed E-state index contributed by atoms with van der Waals surface area (Å²) in [6.07, 6.45) is 6.45. The van der Waals surface area contributed by atoms with Crippen molar-refractivity contribution in [2.45, 2.75) is 43.7 Å². The fraction of sp³-hybridized carbons (Fsp3) is 0.429. The first kappa shape index (κ1) is 23.9. The quantitative estimate of drug-likeness (QED) is 0.412. The number of hydrogen-bond acceptors (Lipinski definition) is 4. The number of benzene rings is 2. The topological polar surface area (TPSA) is 45.3 Å². The van der Waals surface area contributed by atoms with Crippen LogP contribution in [0.5, 0.6) is 0 Å². The average Bonchev–Trinajstić information content (AvgIpc) is 2.88. The van der Waals surface area contributed by atoms with E-state index < -0.39 is 11.7 Å². The summed E-state index contributed by atoms with van der Waals surface area (Å²) in [6.45, 7) is 2.24. The van der Waals surface area contributed by atoms with E-state index in [1.807, 2.05) is 36.4 Å². The van der Waals surface area contributed by atoms with Gasteiger partial charge in [0.15, 0.2) is 0 Å². The molecule has 3 aliphatic rings. The van der Waals surface area contributed by atoms with Gasteiger partial charge in [0.1, 0.15) is 0 Å². The molecule has 5 atom stereocenters. The van der Waals surface area contributed by atoms with Gasteiger partial charge in [-0.05, 0) is 49.6 Å². The van der Waals surface area contributed by atoms with Crippen LogP contribution in [0.3, 0.4) is 0 Å². The lowest BCUT2D eigenvalue weighted by molar-refractivity contribution is -0.138. The van der Waals surface area contributed by atoms with Crippen LogP contribution in [0.15, 0.2) is 72.8 Å². The first-order valence-electron chi connectivity index (χ1n) is 12.4. The number of hydrogen-bond donors (Lipinski definition) is 3. The molecule has 0 amide bonds. The van der Waals surface area contributed by atoms with Crippen LogP contribution in [-0.2, 0) is 10.9 Å². The second kappa shape index (κ2) is 10.5. The number of anilines is 2. The number of alkyl halides is 3. The highest BCUT2D eigenvalue weighted by atomic mass is 19.4. The van der Waals surface area contributed by atoms with Crippen molar-refractivity contribution in [1.82, 2.24) is 5.32 Å². The minimum atomic E-state index is -4.38. The van der Waals surface area contributed by atoms with Crippen molar-refractivity contribution in [3.63, 3.8) is 0 Å². The molecule has 3 N–H and O–H groups in total. The lowest BCUT2D eigenvalue weighted by atomic mass is 9.73. The SMILES string of the molecule is FC(F)(F)c1ccc2c(c1)[C@H]1O[C@@H](CNCCNc3ccccc3)CC[C@H]1[C@H](C1C=CC=CC1)N2. The molecule has 1 fully saturated rings. The van der Waals surface area contributed by atoms with Gasteiger partial charge in [-0.15, -0.1) is 0 Å². The molecule has 1 saturated heterocycles. The molecule has 0 bridgehead atoms. The summed E-state index contributed by atoms with van der Waals surface area (Å²) in [6, 6.07) is 14.2. The summed E-state index contributed by atoms with van der Waals surface area (Å²) in [4.78, 5) is 0. The fourth-order valence-electron chi connectivity index (χ4n) is 5.53. The van der Waals surface area contributed by atoms with Gasteiger partial charge in [0, 0.05) is 54.5 Å². The molecule has 2 heterocycles. The molecule has 186 valence electrons. The Kier molecular flexibility index (Phi) is 7.16. The first-order chi connectivity index (χ1) is 17.0. The normalized spacial score (nSPS) is 27.6. The Labute approximate surface area is 204 Å². The molecule has 35 heavy (non-hydrogen) atoms. The number of halogens is 3. The van der Waals surface area contributed by atoms with Gasteiger partial charge in [0.05, 0.1) is 17.8 Å². The Balaban J connectivity index is 1.27. The van der Waals surface area contributed by atoms with Crippen LogP contribution in [-0.4, -0.2) is 31.8 Å². The van der Waals surface area contributed by atoms with Gasteiger partial charge >= 0.3 is 6.18 Å². The van der Waals surface area contributed by atoms with Gasteiger partial charge in [-0.25, -0.2) is 0 Å². The molecule has 1 unspecified atom stereocenters. The lowest BCUT2D eigenvalue weighted by Gasteiger charge is -2.47. The van der Waals surface area contributed by atoms with Gasteiger partial charge < -0.3 is 20.7 Å². The van der Waals surface area contributed by atoms with Crippen molar-refractivity contribution in [2.24, 2.45) is 11.8 Å². The van der Waals surface area contributed by atoms with Gasteiger partial charge in [0.25, 0.3) is 0 Å². The Morgan fingerprint density at radius 2 is 1.86 bits per heavy atom. The smallest absolute Gasteiger partial charge is 0.384 e. The van der Waals surface area contributed by atoms with Crippen LogP contribution in [0.4, 0.5) is 24.5 Å². The van der Waals surface area contributed by atoms with E-state index in [2.05, 4.69) is 34.2 Å². The zero-order valence-electron chi connectivity index (χ0n) is 19.6. The summed E-state index contributed by atoms with van der Waals surface area (Å²) in [7, 11) is 0. The van der Waals surface area contributed by atoms with Gasteiger partial charge in [0.2, 0.25) is 0 Å². The molecular formula is C28H32F3N3O. The molecule has 0 aromatic heterocycles. The highest BCUT2D eigenvalue weighted by molar-refractivity contribution is 5.58. The third-order valence-electron chi connectivity index (χ3n) is 7.27. The van der Waals surface area contributed by atoms with Crippen LogP contribution < -0.4 is 16.0 Å². The minimum Gasteiger partial charge on any atom is -0.384 e. The number of para-hydroxylation sites is 1. The minimum absolute atomic E-state index is 0.0316. The maximum Gasteiger partial charge on any atom is 0.416 e. The third kappa shape index (κ3) is 5.57. The molecule has 1 aliphatic carbocycles. The van der Waals surface area contributed by atoms with Gasteiger partial charge in [-0.1, -0.05) is 42.5 Å². The van der Waals surface area contributed by atoms with E-state index in [9.17, 15) is 13.2 Å². The molecule has 2 aromatic rings. The van der Waals surface area contributed by atoms with E-state index in [1.165, 1.54) is 12.1 Å². The first-order valence-corrected chi connectivity index (χ1v) is 12.4. The van der Waals surface area contributed by atoms with Crippen LogP contribution in [0.1, 0.15) is 36.5 Å². The van der Waals surface area contributed by atoms with Crippen molar-refractivity contribution >= 4 is 11.4 Å². The van der Waals surface area contributed by atoms with E-state index in [-0.39, 0.29) is 24.2 Å². The van der Waals surface area contributed by atoms with E-state index in [0.29, 0.717) is 18.0 Å². The number of nitrogens with one attached hydrogen (secondary N) is 3. The fourth-order valence-corrected chi connectivity index (χ4v) is 5.53. The standard InChI is InChI=1S/C28H32F3N3O/c29-28(30,31)20-11-14-25-24(17-20)27-23(26(34-25)19-7-3-1-4-8-19)13-12-22(35-27)18-32-15-16-33-21-9-5-2-6-10-21/h1-7,9-11,14,17,19,22-23,26-27,32-34H,8,12-13,15-16,18H2/t19?,22-,23+,26+,27+/m1/s1. The molecule has 5 rings (SSSR count). The highest BCUT2D eigenvalue weighted by Crippen LogP contribution is 2.49. The predicted molar refractivity (Wildman–Crippen MR) is 133 cm³/mol. The molecule has 0 radical (unpaired) electrons. The van der Waals surface area contributed by atoms with Crippen molar-refractivity contribution in [3.8, 4) is 0 Å². The zero-order valence-corrected chi connectivity index (χ0v) is 19.6. The van der Waals surface area contributed by atoms with Gasteiger partial charge in [-0.2, -0.15) is 13.2 Å².